The standard InChI is InChI=1S/C9H15NO2/c1-10(2)6-9(3-4-9)5-7(10)8(11)12/h7H,3-6H2,1-2H3/p+1/t7-/m0/s1. The molecule has 1 saturated heterocycles. The number of carboxylic acid groups (broad SMARTS) is 1. The van der Waals surface area contributed by atoms with E-state index >= 15 is 0 Å². The van der Waals surface area contributed by atoms with Crippen LogP contribution in [0.3, 0.4) is 0 Å². The number of hydrogen-bond donors (Lipinski definition) is 1. The molecule has 1 aliphatic carbocycles. The van der Waals surface area contributed by atoms with Crippen molar-refractivity contribution in [3.8, 4) is 0 Å². The van der Waals surface area contributed by atoms with Gasteiger partial charge in [0.05, 0.1) is 20.6 Å². The molecule has 1 aliphatic heterocycles. The van der Waals surface area contributed by atoms with Crippen molar-refractivity contribution < 1.29 is 14.4 Å². The van der Waals surface area contributed by atoms with E-state index in [0.717, 1.165) is 13.0 Å². The van der Waals surface area contributed by atoms with Crippen LogP contribution in [0, 0.1) is 5.41 Å². The average molecular weight is 170 g/mol. The van der Waals surface area contributed by atoms with Gasteiger partial charge in [-0.1, -0.05) is 0 Å². The Morgan fingerprint density at radius 3 is 2.33 bits per heavy atom. The summed E-state index contributed by atoms with van der Waals surface area (Å²) in [6.45, 7) is 1.06. The quantitative estimate of drug-likeness (QED) is 0.588. The minimum atomic E-state index is -0.622. The number of likely N-dealkylation sites (N-methyl/N-ethyl adjacent to an activating group) is 1. The smallest absolute Gasteiger partial charge is 0.362 e. The molecule has 0 bridgehead atoms. The molecule has 0 aromatic carbocycles. The van der Waals surface area contributed by atoms with Crippen LogP contribution < -0.4 is 0 Å². The normalized spacial score (nSPS) is 35.3. The summed E-state index contributed by atoms with van der Waals surface area (Å²) in [7, 11) is 4.07. The summed E-state index contributed by atoms with van der Waals surface area (Å²) in [5, 5.41) is 8.99. The summed E-state index contributed by atoms with van der Waals surface area (Å²) < 4.78 is 0.676. The van der Waals surface area contributed by atoms with Crippen LogP contribution in [0.5, 0.6) is 0 Å². The Hall–Kier alpha value is -0.570. The number of rotatable bonds is 1. The lowest BCUT2D eigenvalue weighted by Gasteiger charge is -2.28. The van der Waals surface area contributed by atoms with Crippen LogP contribution >= 0.6 is 0 Å². The Bertz CT molecular complexity index is 231. The van der Waals surface area contributed by atoms with Crippen molar-refractivity contribution in [2.24, 2.45) is 5.41 Å². The van der Waals surface area contributed by atoms with Gasteiger partial charge in [-0.15, -0.1) is 0 Å². The maximum absolute atomic E-state index is 10.9. The predicted octanol–water partition coefficient (Wildman–Crippen LogP) is 0.700. The Kier molecular flexibility index (Phi) is 1.35. The van der Waals surface area contributed by atoms with Gasteiger partial charge in [-0.25, -0.2) is 4.79 Å². The first-order valence-electron chi connectivity index (χ1n) is 4.51. The van der Waals surface area contributed by atoms with Gasteiger partial charge in [0.2, 0.25) is 0 Å². The molecular weight excluding hydrogens is 154 g/mol. The third-order valence-electron chi connectivity index (χ3n) is 3.46. The summed E-state index contributed by atoms with van der Waals surface area (Å²) in [4.78, 5) is 10.9. The van der Waals surface area contributed by atoms with Gasteiger partial charge in [0.25, 0.3) is 0 Å². The van der Waals surface area contributed by atoms with Crippen molar-refractivity contribution >= 4 is 5.97 Å². The van der Waals surface area contributed by atoms with Crippen LogP contribution in [0.15, 0.2) is 0 Å². The summed E-state index contributed by atoms with van der Waals surface area (Å²) in [6.07, 6.45) is 3.40. The first-order chi connectivity index (χ1) is 5.45. The molecule has 1 N–H and O–H groups in total. The van der Waals surface area contributed by atoms with Gasteiger partial charge in [-0.2, -0.15) is 0 Å². The lowest BCUT2D eigenvalue weighted by atomic mass is 10.0. The maximum Gasteiger partial charge on any atom is 0.362 e. The minimum absolute atomic E-state index is 0.160. The van der Waals surface area contributed by atoms with E-state index in [1.54, 1.807) is 0 Å². The van der Waals surface area contributed by atoms with Crippen molar-refractivity contribution in [2.75, 3.05) is 20.6 Å². The molecule has 2 fully saturated rings. The highest BCUT2D eigenvalue weighted by Gasteiger charge is 2.60. The number of carboxylic acids is 1. The molecule has 3 heteroatoms. The SMILES string of the molecule is C[N+]1(C)CC2(CC2)C[C@H]1C(=O)O. The lowest BCUT2D eigenvalue weighted by Crippen LogP contribution is -2.48. The van der Waals surface area contributed by atoms with E-state index < -0.39 is 5.97 Å². The minimum Gasteiger partial charge on any atom is -0.477 e. The topological polar surface area (TPSA) is 37.3 Å². The second-order valence-corrected chi connectivity index (χ2v) is 4.99. The molecule has 1 spiro atoms. The molecule has 1 heterocycles. The van der Waals surface area contributed by atoms with E-state index in [2.05, 4.69) is 0 Å². The molecule has 68 valence electrons. The Morgan fingerprint density at radius 2 is 2.08 bits per heavy atom. The number of carbonyl (C=O) groups is 1. The first kappa shape index (κ1) is 8.05. The molecule has 3 nitrogen and oxygen atoms in total. The fourth-order valence-electron chi connectivity index (χ4n) is 2.62. The molecule has 0 aromatic rings. The largest absolute Gasteiger partial charge is 0.477 e. The van der Waals surface area contributed by atoms with Crippen molar-refractivity contribution in [1.82, 2.24) is 0 Å². The predicted molar refractivity (Wildman–Crippen MR) is 44.7 cm³/mol. The van der Waals surface area contributed by atoms with E-state index in [9.17, 15) is 4.79 Å². The van der Waals surface area contributed by atoms with Crippen molar-refractivity contribution in [3.63, 3.8) is 0 Å². The first-order valence-corrected chi connectivity index (χ1v) is 4.51. The van der Waals surface area contributed by atoms with E-state index in [1.165, 1.54) is 12.8 Å². The number of aliphatic carboxylic acids is 1. The van der Waals surface area contributed by atoms with E-state index in [0.29, 0.717) is 9.90 Å². The third-order valence-corrected chi connectivity index (χ3v) is 3.46. The van der Waals surface area contributed by atoms with Crippen LogP contribution in [0.4, 0.5) is 0 Å². The summed E-state index contributed by atoms with van der Waals surface area (Å²) in [5.74, 6) is -0.622. The van der Waals surface area contributed by atoms with E-state index in [-0.39, 0.29) is 6.04 Å². The molecule has 0 aromatic heterocycles. The molecule has 2 aliphatic rings. The van der Waals surface area contributed by atoms with E-state index in [1.807, 2.05) is 14.1 Å². The lowest BCUT2D eigenvalue weighted by molar-refractivity contribution is -0.895. The number of likely N-dealkylation sites (tertiary alicyclic amines) is 1. The summed E-state index contributed by atoms with van der Waals surface area (Å²) in [5.41, 5.74) is 0.423. The maximum atomic E-state index is 10.9. The zero-order valence-electron chi connectivity index (χ0n) is 7.71. The molecule has 12 heavy (non-hydrogen) atoms. The van der Waals surface area contributed by atoms with Crippen molar-refractivity contribution in [1.29, 1.82) is 0 Å². The number of hydrogen-bond acceptors (Lipinski definition) is 1. The molecule has 2 rings (SSSR count). The summed E-state index contributed by atoms with van der Waals surface area (Å²) in [6, 6.07) is -0.160. The Balaban J connectivity index is 2.19. The van der Waals surface area contributed by atoms with Gasteiger partial charge in [0.1, 0.15) is 0 Å². The second kappa shape index (κ2) is 2.02. The van der Waals surface area contributed by atoms with Gasteiger partial charge >= 0.3 is 5.97 Å². The van der Waals surface area contributed by atoms with Gasteiger partial charge in [-0.3, -0.25) is 0 Å². The highest BCUT2D eigenvalue weighted by atomic mass is 16.4. The molecule has 0 amide bonds. The second-order valence-electron chi connectivity index (χ2n) is 4.99. The Morgan fingerprint density at radius 1 is 1.50 bits per heavy atom. The number of quaternary nitrogens is 1. The molecule has 0 radical (unpaired) electrons. The van der Waals surface area contributed by atoms with Crippen LogP contribution in [0.1, 0.15) is 19.3 Å². The highest BCUT2D eigenvalue weighted by molar-refractivity contribution is 5.72. The monoisotopic (exact) mass is 170 g/mol. The van der Waals surface area contributed by atoms with Gasteiger partial charge in [-0.05, 0) is 12.8 Å². The van der Waals surface area contributed by atoms with Gasteiger partial charge in [0.15, 0.2) is 6.04 Å². The van der Waals surface area contributed by atoms with Crippen LogP contribution in [0.2, 0.25) is 0 Å². The van der Waals surface area contributed by atoms with Crippen LogP contribution in [0.25, 0.3) is 0 Å². The fourth-order valence-corrected chi connectivity index (χ4v) is 2.62. The van der Waals surface area contributed by atoms with Gasteiger partial charge in [0, 0.05) is 11.8 Å². The van der Waals surface area contributed by atoms with Crippen LogP contribution in [-0.4, -0.2) is 42.2 Å². The fraction of sp³-hybridized carbons (Fsp3) is 0.889. The third kappa shape index (κ3) is 1.04. The summed E-state index contributed by atoms with van der Waals surface area (Å²) >= 11 is 0. The molecule has 1 saturated carbocycles. The molecule has 1 atom stereocenters. The highest BCUT2D eigenvalue weighted by Crippen LogP contribution is 2.56. The van der Waals surface area contributed by atoms with Crippen molar-refractivity contribution in [2.45, 2.75) is 25.3 Å². The zero-order chi connectivity index (χ0) is 8.98. The average Bonchev–Trinajstić information content (AvgIpc) is 2.55. The van der Waals surface area contributed by atoms with Crippen LogP contribution in [-0.2, 0) is 4.79 Å². The Labute approximate surface area is 72.6 Å². The number of nitrogens with zero attached hydrogens (tertiary/aromatic N) is 1. The molecule has 0 unspecified atom stereocenters. The van der Waals surface area contributed by atoms with Crippen molar-refractivity contribution in [3.05, 3.63) is 0 Å². The molecular formula is C9H16NO2+. The zero-order valence-corrected chi connectivity index (χ0v) is 7.71. The van der Waals surface area contributed by atoms with E-state index in [4.69, 9.17) is 5.11 Å². The van der Waals surface area contributed by atoms with Gasteiger partial charge < -0.3 is 9.59 Å².